The zero-order chi connectivity index (χ0) is 29.5. The Morgan fingerprint density at radius 2 is 1.00 bits per heavy atom. The first-order valence-electron chi connectivity index (χ1n) is 15.6. The zero-order valence-electron chi connectivity index (χ0n) is 26.0. The van der Waals surface area contributed by atoms with Crippen LogP contribution in [0, 0.1) is 0 Å². The molecule has 0 aromatic heterocycles. The van der Waals surface area contributed by atoms with E-state index >= 15 is 0 Å². The van der Waals surface area contributed by atoms with Crippen molar-refractivity contribution >= 4 is 22.1 Å². The van der Waals surface area contributed by atoms with Gasteiger partial charge >= 0.3 is 41.5 Å². The monoisotopic (exact) mass is 604 g/mol. The molecule has 1 aromatic carbocycles. The van der Waals surface area contributed by atoms with Crippen LogP contribution in [0.25, 0.3) is 0 Å². The summed E-state index contributed by atoms with van der Waals surface area (Å²) in [4.78, 5) is 24.8. The first-order chi connectivity index (χ1) is 19.3. The SMILES string of the molecule is CCCCCCCCCCCCCCCCCCCCCOC(=O)c1ccccc1C(=O)OCC(C)S(=O)(=O)[O-].[Na+]. The van der Waals surface area contributed by atoms with E-state index in [1.54, 1.807) is 12.1 Å². The van der Waals surface area contributed by atoms with E-state index in [4.69, 9.17) is 9.47 Å². The fourth-order valence-corrected chi connectivity index (χ4v) is 4.85. The average Bonchev–Trinajstić information content (AvgIpc) is 2.94. The molecule has 0 radical (unpaired) electrons. The molecule has 0 saturated heterocycles. The second-order valence-electron chi connectivity index (χ2n) is 10.9. The van der Waals surface area contributed by atoms with E-state index in [-0.39, 0.29) is 47.3 Å². The van der Waals surface area contributed by atoms with Gasteiger partial charge in [0.25, 0.3) is 0 Å². The summed E-state index contributed by atoms with van der Waals surface area (Å²) in [7, 11) is -4.56. The third-order valence-electron chi connectivity index (χ3n) is 7.29. The van der Waals surface area contributed by atoms with Crippen LogP contribution in [0.4, 0.5) is 0 Å². The summed E-state index contributed by atoms with van der Waals surface area (Å²) < 4.78 is 43.2. The number of ether oxygens (including phenoxy) is 2. The maximum absolute atomic E-state index is 12.5. The van der Waals surface area contributed by atoms with E-state index in [1.165, 1.54) is 115 Å². The van der Waals surface area contributed by atoms with Gasteiger partial charge in [-0.3, -0.25) is 0 Å². The third kappa shape index (κ3) is 20.6. The molecule has 0 aliphatic heterocycles. The van der Waals surface area contributed by atoms with E-state index in [0.717, 1.165) is 26.2 Å². The molecule has 0 aliphatic carbocycles. The fourth-order valence-electron chi connectivity index (χ4n) is 4.62. The molecule has 0 saturated carbocycles. The van der Waals surface area contributed by atoms with Crippen molar-refractivity contribution in [2.24, 2.45) is 0 Å². The summed E-state index contributed by atoms with van der Waals surface area (Å²) >= 11 is 0. The largest absolute Gasteiger partial charge is 1.00 e. The topological polar surface area (TPSA) is 110 Å². The summed E-state index contributed by atoms with van der Waals surface area (Å²) in [5, 5.41) is -1.37. The van der Waals surface area contributed by atoms with Gasteiger partial charge in [0.05, 0.1) is 23.0 Å². The van der Waals surface area contributed by atoms with E-state index in [1.807, 2.05) is 0 Å². The van der Waals surface area contributed by atoms with E-state index in [2.05, 4.69) is 6.92 Å². The number of hydrogen-bond donors (Lipinski definition) is 0. The molecule has 0 amide bonds. The molecule has 0 heterocycles. The molecule has 230 valence electrons. The van der Waals surface area contributed by atoms with E-state index < -0.39 is 33.9 Å². The second-order valence-corrected chi connectivity index (χ2v) is 12.7. The smallest absolute Gasteiger partial charge is 0.748 e. The Morgan fingerprint density at radius 1 is 0.659 bits per heavy atom. The van der Waals surface area contributed by atoms with Gasteiger partial charge in [-0.2, -0.15) is 0 Å². The van der Waals surface area contributed by atoms with Crippen LogP contribution in [0.1, 0.15) is 157 Å². The Morgan fingerprint density at radius 3 is 1.37 bits per heavy atom. The van der Waals surface area contributed by atoms with Crippen LogP contribution in [0.15, 0.2) is 24.3 Å². The number of hydrogen-bond acceptors (Lipinski definition) is 7. The van der Waals surface area contributed by atoms with Gasteiger partial charge in [0, 0.05) is 0 Å². The van der Waals surface area contributed by atoms with Crippen LogP contribution in [0.5, 0.6) is 0 Å². The predicted molar refractivity (Wildman–Crippen MR) is 160 cm³/mol. The van der Waals surface area contributed by atoms with Crippen molar-refractivity contribution in [1.29, 1.82) is 0 Å². The predicted octanol–water partition coefficient (Wildman–Crippen LogP) is 5.37. The van der Waals surface area contributed by atoms with Gasteiger partial charge < -0.3 is 14.0 Å². The maximum atomic E-state index is 12.5. The van der Waals surface area contributed by atoms with Crippen molar-refractivity contribution in [2.45, 2.75) is 141 Å². The minimum Gasteiger partial charge on any atom is -0.748 e. The van der Waals surface area contributed by atoms with Gasteiger partial charge in [0.15, 0.2) is 0 Å². The zero-order valence-corrected chi connectivity index (χ0v) is 28.8. The van der Waals surface area contributed by atoms with Gasteiger partial charge in [0.1, 0.15) is 16.7 Å². The molecule has 41 heavy (non-hydrogen) atoms. The summed E-state index contributed by atoms with van der Waals surface area (Å²) in [6.07, 6.45) is 24.6. The first-order valence-corrected chi connectivity index (χ1v) is 17.1. The summed E-state index contributed by atoms with van der Waals surface area (Å²) in [5.74, 6) is -1.49. The number of unbranched alkanes of at least 4 members (excludes halogenated alkanes) is 18. The number of esters is 2. The van der Waals surface area contributed by atoms with Crippen molar-refractivity contribution in [2.75, 3.05) is 13.2 Å². The van der Waals surface area contributed by atoms with Crippen molar-refractivity contribution in [3.8, 4) is 0 Å². The molecule has 7 nitrogen and oxygen atoms in total. The number of benzene rings is 1. The quantitative estimate of drug-likeness (QED) is 0.0639. The van der Waals surface area contributed by atoms with Gasteiger partial charge in [-0.1, -0.05) is 135 Å². The van der Waals surface area contributed by atoms with Crippen LogP contribution in [-0.4, -0.2) is 43.4 Å². The molecule has 0 fully saturated rings. The van der Waals surface area contributed by atoms with Gasteiger partial charge in [-0.25, -0.2) is 18.0 Å². The molecule has 1 unspecified atom stereocenters. The van der Waals surface area contributed by atoms with Crippen LogP contribution in [-0.2, 0) is 19.6 Å². The van der Waals surface area contributed by atoms with Gasteiger partial charge in [0.2, 0.25) is 0 Å². The molecular weight excluding hydrogens is 551 g/mol. The second kappa shape index (κ2) is 25.6. The standard InChI is InChI=1S/C32H54O7S.Na/c1-3-4-5-6-7-8-9-10-11-12-13-14-15-16-17-18-19-20-23-26-38-31(33)29-24-21-22-25-30(29)32(34)39-27-28(2)40(35,36)37;/h21-22,24-25,28H,3-20,23,26-27H2,1-2H3,(H,35,36,37);/q;+1/p-1. The molecule has 9 heteroatoms. The van der Waals surface area contributed by atoms with Crippen molar-refractivity contribution < 1.29 is 61.6 Å². The van der Waals surface area contributed by atoms with Crippen LogP contribution < -0.4 is 29.6 Å². The van der Waals surface area contributed by atoms with Crippen LogP contribution in [0.2, 0.25) is 0 Å². The summed E-state index contributed by atoms with van der Waals surface area (Å²) in [6.45, 7) is 3.12. The van der Waals surface area contributed by atoms with Gasteiger partial charge in [-0.05, 0) is 25.5 Å². The minimum absolute atomic E-state index is 0. The Balaban J connectivity index is 0.0000160. The molecule has 0 aliphatic rings. The van der Waals surface area contributed by atoms with Crippen LogP contribution in [0.3, 0.4) is 0 Å². The van der Waals surface area contributed by atoms with Crippen molar-refractivity contribution in [1.82, 2.24) is 0 Å². The number of rotatable bonds is 25. The average molecular weight is 605 g/mol. The Bertz CT molecular complexity index is 920. The van der Waals surface area contributed by atoms with Crippen molar-refractivity contribution in [3.63, 3.8) is 0 Å². The summed E-state index contributed by atoms with van der Waals surface area (Å²) in [6, 6.07) is 6.05. The fraction of sp³-hybridized carbons (Fsp3) is 0.750. The molecule has 0 bridgehead atoms. The molecular formula is C32H53NaO7S. The minimum atomic E-state index is -4.56. The molecule has 1 aromatic rings. The molecule has 0 N–H and O–H groups in total. The third-order valence-corrected chi connectivity index (χ3v) is 8.41. The van der Waals surface area contributed by atoms with Crippen LogP contribution >= 0.6 is 0 Å². The molecule has 1 rings (SSSR count). The Labute approximate surface area is 272 Å². The van der Waals surface area contributed by atoms with Gasteiger partial charge in [-0.15, -0.1) is 0 Å². The normalized spacial score (nSPS) is 12.0. The van der Waals surface area contributed by atoms with E-state index in [0.29, 0.717) is 0 Å². The van der Waals surface area contributed by atoms with E-state index in [9.17, 15) is 22.6 Å². The maximum Gasteiger partial charge on any atom is 1.00 e. The number of carbonyl (C=O) groups is 2. The Hall–Kier alpha value is -0.930. The van der Waals surface area contributed by atoms with Crippen molar-refractivity contribution in [3.05, 3.63) is 35.4 Å². The number of carbonyl (C=O) groups excluding carboxylic acids is 2. The summed E-state index contributed by atoms with van der Waals surface area (Å²) in [5.41, 5.74) is 0.0408. The molecule has 0 spiro atoms. The molecule has 1 atom stereocenters. The Kier molecular flexibility index (Phi) is 25.0. The first kappa shape index (κ1) is 40.1.